The number of H-pyrrole nitrogens is 1. The van der Waals surface area contributed by atoms with Crippen LogP contribution in [0.15, 0.2) is 4.79 Å². The van der Waals surface area contributed by atoms with E-state index < -0.39 is 0 Å². The highest BCUT2D eigenvalue weighted by Gasteiger charge is 2.15. The van der Waals surface area contributed by atoms with Gasteiger partial charge in [0.1, 0.15) is 5.82 Å². The Bertz CT molecular complexity index is 562. The fourth-order valence-corrected chi connectivity index (χ4v) is 2.70. The Balaban J connectivity index is 1.78. The van der Waals surface area contributed by atoms with Crippen LogP contribution in [0, 0.1) is 12.8 Å². The first-order chi connectivity index (χ1) is 10.6. The molecule has 0 unspecified atom stereocenters. The molecule has 1 fully saturated rings. The summed E-state index contributed by atoms with van der Waals surface area (Å²) in [7, 11) is 0. The molecule has 0 radical (unpaired) electrons. The summed E-state index contributed by atoms with van der Waals surface area (Å²) in [5, 5.41) is 2.88. The highest BCUT2D eigenvalue weighted by molar-refractivity contribution is 5.78. The van der Waals surface area contributed by atoms with Gasteiger partial charge in [-0.2, -0.15) is 0 Å². The van der Waals surface area contributed by atoms with Crippen molar-refractivity contribution in [2.45, 2.75) is 46.0 Å². The minimum Gasteiger partial charge on any atom is -0.381 e. The van der Waals surface area contributed by atoms with E-state index in [1.807, 2.05) is 6.92 Å². The number of carbonyl (C=O) groups is 1. The van der Waals surface area contributed by atoms with Crippen LogP contribution in [-0.2, 0) is 22.4 Å². The average Bonchev–Trinajstić information content (AvgIpc) is 3.00. The summed E-state index contributed by atoms with van der Waals surface area (Å²) in [6.07, 6.45) is 3.91. The second-order valence-electron chi connectivity index (χ2n) is 5.83. The molecule has 2 rings (SSSR count). The Labute approximate surface area is 130 Å². The first-order valence-electron chi connectivity index (χ1n) is 8.03. The maximum absolute atomic E-state index is 12.0. The molecule has 1 atom stereocenters. The SMILES string of the molecule is CCc1nc(C)c(CC(=O)NCCC[C@H]2CCOC2)c(=O)[nH]1. The smallest absolute Gasteiger partial charge is 0.254 e. The van der Waals surface area contributed by atoms with E-state index in [1.54, 1.807) is 6.92 Å². The van der Waals surface area contributed by atoms with Gasteiger partial charge < -0.3 is 15.0 Å². The monoisotopic (exact) mass is 307 g/mol. The lowest BCUT2D eigenvalue weighted by molar-refractivity contribution is -0.120. The zero-order chi connectivity index (χ0) is 15.9. The van der Waals surface area contributed by atoms with Crippen LogP contribution in [0.3, 0.4) is 0 Å². The predicted octanol–water partition coefficient (Wildman–Crippen LogP) is 1.12. The molecule has 2 heterocycles. The molecule has 6 nitrogen and oxygen atoms in total. The molecule has 0 bridgehead atoms. The average molecular weight is 307 g/mol. The Morgan fingerprint density at radius 1 is 1.50 bits per heavy atom. The van der Waals surface area contributed by atoms with Crippen molar-refractivity contribution in [1.29, 1.82) is 0 Å². The van der Waals surface area contributed by atoms with E-state index in [-0.39, 0.29) is 17.9 Å². The number of hydrogen-bond acceptors (Lipinski definition) is 4. The van der Waals surface area contributed by atoms with Crippen molar-refractivity contribution >= 4 is 5.91 Å². The zero-order valence-electron chi connectivity index (χ0n) is 13.4. The van der Waals surface area contributed by atoms with E-state index in [4.69, 9.17) is 4.74 Å². The number of hydrogen-bond donors (Lipinski definition) is 2. The van der Waals surface area contributed by atoms with E-state index >= 15 is 0 Å². The van der Waals surface area contributed by atoms with Crippen molar-refractivity contribution in [1.82, 2.24) is 15.3 Å². The summed E-state index contributed by atoms with van der Waals surface area (Å²) in [5.41, 5.74) is 0.889. The Hall–Kier alpha value is -1.69. The maximum atomic E-state index is 12.0. The summed E-state index contributed by atoms with van der Waals surface area (Å²) in [5.74, 6) is 1.17. The quantitative estimate of drug-likeness (QED) is 0.739. The first-order valence-corrected chi connectivity index (χ1v) is 8.03. The van der Waals surface area contributed by atoms with Crippen LogP contribution in [0.5, 0.6) is 0 Å². The topological polar surface area (TPSA) is 84.1 Å². The molecule has 1 aromatic rings. The number of carbonyl (C=O) groups excluding carboxylic acids is 1. The standard InChI is InChI=1S/C16H25N3O3/c1-3-14-18-11(2)13(16(21)19-14)9-15(20)17-7-4-5-12-6-8-22-10-12/h12H,3-10H2,1-2H3,(H,17,20)(H,18,19,21)/t12-/m0/s1. The summed E-state index contributed by atoms with van der Waals surface area (Å²) in [6, 6.07) is 0. The van der Waals surface area contributed by atoms with Crippen LogP contribution in [0.1, 0.15) is 43.3 Å². The molecule has 0 spiro atoms. The van der Waals surface area contributed by atoms with Crippen LogP contribution in [-0.4, -0.2) is 35.6 Å². The minimum atomic E-state index is -0.206. The Kier molecular flexibility index (Phi) is 6.12. The second-order valence-corrected chi connectivity index (χ2v) is 5.83. The molecule has 22 heavy (non-hydrogen) atoms. The summed E-state index contributed by atoms with van der Waals surface area (Å²) >= 11 is 0. The number of aromatic nitrogens is 2. The number of amides is 1. The molecule has 122 valence electrons. The van der Waals surface area contributed by atoms with Crippen LogP contribution in [0.25, 0.3) is 0 Å². The normalized spacial score (nSPS) is 17.6. The number of ether oxygens (including phenoxy) is 1. The summed E-state index contributed by atoms with van der Waals surface area (Å²) in [4.78, 5) is 30.9. The third kappa shape index (κ3) is 4.66. The van der Waals surface area contributed by atoms with Crippen LogP contribution < -0.4 is 10.9 Å². The van der Waals surface area contributed by atoms with E-state index in [0.717, 1.165) is 32.5 Å². The molecule has 1 amide bonds. The largest absolute Gasteiger partial charge is 0.381 e. The highest BCUT2D eigenvalue weighted by Crippen LogP contribution is 2.17. The van der Waals surface area contributed by atoms with Gasteiger partial charge in [-0.3, -0.25) is 9.59 Å². The molecule has 0 aliphatic carbocycles. The lowest BCUT2D eigenvalue weighted by Crippen LogP contribution is -2.30. The van der Waals surface area contributed by atoms with Gasteiger partial charge >= 0.3 is 0 Å². The molecule has 1 aromatic heterocycles. The molecule has 0 aromatic carbocycles. The Morgan fingerprint density at radius 2 is 2.32 bits per heavy atom. The van der Waals surface area contributed by atoms with Crippen molar-refractivity contribution in [2.75, 3.05) is 19.8 Å². The highest BCUT2D eigenvalue weighted by atomic mass is 16.5. The minimum absolute atomic E-state index is 0.0880. The zero-order valence-corrected chi connectivity index (χ0v) is 13.4. The van der Waals surface area contributed by atoms with E-state index in [9.17, 15) is 9.59 Å². The van der Waals surface area contributed by atoms with Gasteiger partial charge in [0.25, 0.3) is 5.56 Å². The van der Waals surface area contributed by atoms with E-state index in [0.29, 0.717) is 36.0 Å². The number of rotatable bonds is 7. The lowest BCUT2D eigenvalue weighted by Gasteiger charge is -2.09. The lowest BCUT2D eigenvalue weighted by atomic mass is 10.0. The second kappa shape index (κ2) is 8.08. The van der Waals surface area contributed by atoms with Crippen LogP contribution >= 0.6 is 0 Å². The van der Waals surface area contributed by atoms with Gasteiger partial charge in [0.15, 0.2) is 0 Å². The molecule has 0 saturated carbocycles. The third-order valence-electron chi connectivity index (χ3n) is 4.08. The molecule has 2 N–H and O–H groups in total. The fourth-order valence-electron chi connectivity index (χ4n) is 2.70. The fraction of sp³-hybridized carbons (Fsp3) is 0.688. The van der Waals surface area contributed by atoms with E-state index in [2.05, 4.69) is 15.3 Å². The van der Waals surface area contributed by atoms with Gasteiger partial charge in [0.2, 0.25) is 5.91 Å². The van der Waals surface area contributed by atoms with Gasteiger partial charge in [0, 0.05) is 37.4 Å². The molecular weight excluding hydrogens is 282 g/mol. The molecule has 6 heteroatoms. The molecule has 1 aliphatic heterocycles. The van der Waals surface area contributed by atoms with Gasteiger partial charge in [-0.05, 0) is 32.1 Å². The molecule has 1 aliphatic rings. The van der Waals surface area contributed by atoms with E-state index in [1.165, 1.54) is 0 Å². The molecular formula is C16H25N3O3. The number of nitrogens with zero attached hydrogens (tertiary/aromatic N) is 1. The van der Waals surface area contributed by atoms with Gasteiger partial charge in [0.05, 0.1) is 6.42 Å². The number of aromatic amines is 1. The first kappa shape index (κ1) is 16.7. The van der Waals surface area contributed by atoms with Gasteiger partial charge in [-0.25, -0.2) is 4.98 Å². The van der Waals surface area contributed by atoms with Crippen molar-refractivity contribution in [3.8, 4) is 0 Å². The summed E-state index contributed by atoms with van der Waals surface area (Å²) in [6.45, 7) is 6.06. The van der Waals surface area contributed by atoms with Gasteiger partial charge in [-0.1, -0.05) is 6.92 Å². The maximum Gasteiger partial charge on any atom is 0.254 e. The Morgan fingerprint density at radius 3 is 2.95 bits per heavy atom. The van der Waals surface area contributed by atoms with Crippen molar-refractivity contribution in [3.05, 3.63) is 27.4 Å². The van der Waals surface area contributed by atoms with Crippen molar-refractivity contribution in [3.63, 3.8) is 0 Å². The van der Waals surface area contributed by atoms with Gasteiger partial charge in [-0.15, -0.1) is 0 Å². The third-order valence-corrected chi connectivity index (χ3v) is 4.08. The number of nitrogens with one attached hydrogen (secondary N) is 2. The predicted molar refractivity (Wildman–Crippen MR) is 83.8 cm³/mol. The van der Waals surface area contributed by atoms with Crippen LogP contribution in [0.2, 0.25) is 0 Å². The van der Waals surface area contributed by atoms with Crippen LogP contribution in [0.4, 0.5) is 0 Å². The molecule has 1 saturated heterocycles. The van der Waals surface area contributed by atoms with Crippen molar-refractivity contribution < 1.29 is 9.53 Å². The summed E-state index contributed by atoms with van der Waals surface area (Å²) < 4.78 is 5.33. The van der Waals surface area contributed by atoms with Crippen molar-refractivity contribution in [2.24, 2.45) is 5.92 Å². The number of aryl methyl sites for hydroxylation is 2.